The molecule has 0 aliphatic rings. The highest BCUT2D eigenvalue weighted by atomic mass is 16.5. The van der Waals surface area contributed by atoms with Gasteiger partial charge in [0.1, 0.15) is 0 Å². The van der Waals surface area contributed by atoms with Gasteiger partial charge in [0.2, 0.25) is 0 Å². The molecule has 0 radical (unpaired) electrons. The second-order valence-electron chi connectivity index (χ2n) is 2.21. The van der Waals surface area contributed by atoms with E-state index in [-0.39, 0.29) is 0 Å². The fourth-order valence-electron chi connectivity index (χ4n) is 0.782. The van der Waals surface area contributed by atoms with Crippen molar-refractivity contribution >= 4 is 5.91 Å². The lowest BCUT2D eigenvalue weighted by Crippen LogP contribution is -2.19. The Hall–Kier alpha value is -1.36. The van der Waals surface area contributed by atoms with E-state index in [1.807, 2.05) is 0 Å². The van der Waals surface area contributed by atoms with Crippen molar-refractivity contribution in [1.82, 2.24) is 15.3 Å². The van der Waals surface area contributed by atoms with Gasteiger partial charge >= 0.3 is 0 Å². The van der Waals surface area contributed by atoms with E-state index in [2.05, 4.69) is 5.10 Å². The topological polar surface area (TPSA) is 67.2 Å². The highest BCUT2D eigenvalue weighted by Gasteiger charge is 2.10. The van der Waals surface area contributed by atoms with E-state index < -0.39 is 5.91 Å². The molecule has 0 atom stereocenters. The molecule has 0 aliphatic heterocycles. The standard InChI is InChI=1S/C6H9N3O2/c1-4-5(6(10)8-11)3-7-9(4)2/h3,11H,1-2H3,(H,8,10). The second-order valence-corrected chi connectivity index (χ2v) is 2.21. The molecule has 1 aromatic heterocycles. The molecular weight excluding hydrogens is 146 g/mol. The number of carbonyl (C=O) groups excluding carboxylic acids is 1. The van der Waals surface area contributed by atoms with Gasteiger partial charge in [0.05, 0.1) is 11.8 Å². The maximum Gasteiger partial charge on any atom is 0.278 e. The number of hydrogen-bond acceptors (Lipinski definition) is 3. The van der Waals surface area contributed by atoms with Gasteiger partial charge in [-0.25, -0.2) is 5.48 Å². The molecule has 0 aromatic carbocycles. The zero-order valence-electron chi connectivity index (χ0n) is 6.33. The summed E-state index contributed by atoms with van der Waals surface area (Å²) in [5, 5.41) is 12.1. The third-order valence-corrected chi connectivity index (χ3v) is 1.58. The zero-order valence-corrected chi connectivity index (χ0v) is 6.33. The predicted molar refractivity (Wildman–Crippen MR) is 37.2 cm³/mol. The monoisotopic (exact) mass is 155 g/mol. The van der Waals surface area contributed by atoms with Crippen LogP contribution in [0, 0.1) is 6.92 Å². The average molecular weight is 155 g/mol. The number of amides is 1. The number of carbonyl (C=O) groups is 1. The van der Waals surface area contributed by atoms with E-state index in [9.17, 15) is 4.79 Å². The number of hydrogen-bond donors (Lipinski definition) is 2. The molecule has 0 spiro atoms. The Morgan fingerprint density at radius 3 is 2.82 bits per heavy atom. The van der Waals surface area contributed by atoms with Crippen molar-refractivity contribution in [2.75, 3.05) is 0 Å². The normalized spacial score (nSPS) is 9.73. The summed E-state index contributed by atoms with van der Waals surface area (Å²) in [6.07, 6.45) is 1.40. The van der Waals surface area contributed by atoms with Crippen LogP contribution in [0.1, 0.15) is 16.1 Å². The van der Waals surface area contributed by atoms with Crippen molar-refractivity contribution in [2.24, 2.45) is 7.05 Å². The molecule has 5 nitrogen and oxygen atoms in total. The Morgan fingerprint density at radius 2 is 2.45 bits per heavy atom. The fourth-order valence-corrected chi connectivity index (χ4v) is 0.782. The van der Waals surface area contributed by atoms with Crippen LogP contribution in [-0.2, 0) is 7.05 Å². The molecule has 2 N–H and O–H groups in total. The summed E-state index contributed by atoms with van der Waals surface area (Å²) < 4.78 is 1.56. The van der Waals surface area contributed by atoms with Crippen molar-refractivity contribution in [3.63, 3.8) is 0 Å². The molecule has 60 valence electrons. The van der Waals surface area contributed by atoms with Gasteiger partial charge in [-0.2, -0.15) is 5.10 Å². The number of hydroxylamine groups is 1. The molecule has 0 saturated carbocycles. The Labute approximate surface area is 63.6 Å². The molecule has 0 fully saturated rings. The van der Waals surface area contributed by atoms with Gasteiger partial charge < -0.3 is 0 Å². The third-order valence-electron chi connectivity index (χ3n) is 1.58. The largest absolute Gasteiger partial charge is 0.288 e. The quantitative estimate of drug-likeness (QED) is 0.437. The number of aryl methyl sites for hydroxylation is 1. The first-order chi connectivity index (χ1) is 5.16. The van der Waals surface area contributed by atoms with Gasteiger partial charge in [0.25, 0.3) is 5.91 Å². The van der Waals surface area contributed by atoms with Crippen LogP contribution in [0.25, 0.3) is 0 Å². The van der Waals surface area contributed by atoms with Crippen molar-refractivity contribution in [1.29, 1.82) is 0 Å². The fraction of sp³-hybridized carbons (Fsp3) is 0.333. The summed E-state index contributed by atoms with van der Waals surface area (Å²) in [4.78, 5) is 10.8. The average Bonchev–Trinajstić information content (AvgIpc) is 2.32. The Bertz CT molecular complexity index is 279. The van der Waals surface area contributed by atoms with Crippen LogP contribution in [0.2, 0.25) is 0 Å². The second kappa shape index (κ2) is 2.71. The Balaban J connectivity index is 3.04. The van der Waals surface area contributed by atoms with E-state index in [1.54, 1.807) is 24.1 Å². The molecule has 11 heavy (non-hydrogen) atoms. The highest BCUT2D eigenvalue weighted by Crippen LogP contribution is 2.03. The number of rotatable bonds is 1. The molecule has 1 rings (SSSR count). The van der Waals surface area contributed by atoms with E-state index in [0.29, 0.717) is 5.56 Å². The van der Waals surface area contributed by atoms with E-state index >= 15 is 0 Å². The van der Waals surface area contributed by atoms with Crippen LogP contribution in [0.15, 0.2) is 6.20 Å². The minimum absolute atomic E-state index is 0.384. The lowest BCUT2D eigenvalue weighted by atomic mass is 10.2. The molecule has 0 aliphatic carbocycles. The Kier molecular flexibility index (Phi) is 1.91. The number of nitrogens with one attached hydrogen (secondary N) is 1. The smallest absolute Gasteiger partial charge is 0.278 e. The van der Waals surface area contributed by atoms with E-state index in [4.69, 9.17) is 5.21 Å². The van der Waals surface area contributed by atoms with Crippen molar-refractivity contribution in [3.8, 4) is 0 Å². The first-order valence-electron chi connectivity index (χ1n) is 3.10. The van der Waals surface area contributed by atoms with Crippen LogP contribution in [0.3, 0.4) is 0 Å². The molecule has 1 aromatic rings. The number of nitrogens with zero attached hydrogens (tertiary/aromatic N) is 2. The first-order valence-corrected chi connectivity index (χ1v) is 3.10. The van der Waals surface area contributed by atoms with Crippen molar-refractivity contribution in [3.05, 3.63) is 17.5 Å². The van der Waals surface area contributed by atoms with Gasteiger partial charge in [-0.3, -0.25) is 14.7 Å². The van der Waals surface area contributed by atoms with Gasteiger partial charge in [-0.05, 0) is 6.92 Å². The third kappa shape index (κ3) is 1.22. The summed E-state index contributed by atoms with van der Waals surface area (Å²) in [6, 6.07) is 0. The van der Waals surface area contributed by atoms with Gasteiger partial charge in [-0.1, -0.05) is 0 Å². The minimum atomic E-state index is -0.532. The molecule has 0 bridgehead atoms. The molecule has 1 amide bonds. The maximum absolute atomic E-state index is 10.8. The summed E-state index contributed by atoms with van der Waals surface area (Å²) in [6.45, 7) is 1.75. The van der Waals surface area contributed by atoms with Crippen LogP contribution >= 0.6 is 0 Å². The lowest BCUT2D eigenvalue weighted by molar-refractivity contribution is 0.0705. The Morgan fingerprint density at radius 1 is 1.82 bits per heavy atom. The van der Waals surface area contributed by atoms with E-state index in [1.165, 1.54) is 6.20 Å². The summed E-state index contributed by atoms with van der Waals surface area (Å²) >= 11 is 0. The van der Waals surface area contributed by atoms with E-state index in [0.717, 1.165) is 5.69 Å². The van der Waals surface area contributed by atoms with Crippen LogP contribution < -0.4 is 5.48 Å². The van der Waals surface area contributed by atoms with Crippen LogP contribution in [0.5, 0.6) is 0 Å². The zero-order chi connectivity index (χ0) is 8.43. The van der Waals surface area contributed by atoms with Gasteiger partial charge in [0, 0.05) is 12.7 Å². The van der Waals surface area contributed by atoms with Crippen LogP contribution in [0.4, 0.5) is 0 Å². The number of aromatic nitrogens is 2. The first kappa shape index (κ1) is 7.74. The van der Waals surface area contributed by atoms with Crippen molar-refractivity contribution < 1.29 is 10.0 Å². The SMILES string of the molecule is Cc1c(C(=O)NO)cnn1C. The van der Waals surface area contributed by atoms with Crippen LogP contribution in [-0.4, -0.2) is 20.9 Å². The predicted octanol–water partition coefficient (Wildman–Crippen LogP) is -0.152. The molecular formula is C6H9N3O2. The lowest BCUT2D eigenvalue weighted by Gasteiger charge is -1.96. The molecule has 5 heteroatoms. The molecule has 0 unspecified atom stereocenters. The molecule has 0 saturated heterocycles. The van der Waals surface area contributed by atoms with Gasteiger partial charge in [-0.15, -0.1) is 0 Å². The summed E-state index contributed by atoms with van der Waals surface area (Å²) in [7, 11) is 1.73. The molecule has 1 heterocycles. The highest BCUT2D eigenvalue weighted by molar-refractivity contribution is 5.94. The minimum Gasteiger partial charge on any atom is -0.288 e. The van der Waals surface area contributed by atoms with Gasteiger partial charge in [0.15, 0.2) is 0 Å². The van der Waals surface area contributed by atoms with Crippen molar-refractivity contribution in [2.45, 2.75) is 6.92 Å². The summed E-state index contributed by atoms with van der Waals surface area (Å²) in [5.74, 6) is -0.532. The maximum atomic E-state index is 10.8. The summed E-state index contributed by atoms with van der Waals surface area (Å²) in [5.41, 5.74) is 2.65.